The Morgan fingerprint density at radius 1 is 1.22 bits per heavy atom. The van der Waals surface area contributed by atoms with E-state index >= 15 is 0 Å². The summed E-state index contributed by atoms with van der Waals surface area (Å²) in [6.07, 6.45) is 0.992. The first-order chi connectivity index (χ1) is 8.74. The lowest BCUT2D eigenvalue weighted by atomic mass is 10.2. The van der Waals surface area contributed by atoms with Crippen LogP contribution in [0, 0.1) is 5.82 Å². The minimum Gasteiger partial charge on any atom is -0.485 e. The van der Waals surface area contributed by atoms with Crippen molar-refractivity contribution in [1.29, 1.82) is 0 Å². The van der Waals surface area contributed by atoms with Gasteiger partial charge in [-0.25, -0.2) is 4.39 Å². The molecule has 2 nitrogen and oxygen atoms in total. The van der Waals surface area contributed by atoms with Crippen LogP contribution in [-0.2, 0) is 19.6 Å². The van der Waals surface area contributed by atoms with E-state index in [-0.39, 0.29) is 12.4 Å². The van der Waals surface area contributed by atoms with E-state index in [0.29, 0.717) is 12.2 Å². The van der Waals surface area contributed by atoms with Gasteiger partial charge in [-0.15, -0.1) is 11.3 Å². The number of para-hydroxylation sites is 1. The Morgan fingerprint density at radius 2 is 2.00 bits per heavy atom. The summed E-state index contributed by atoms with van der Waals surface area (Å²) < 4.78 is 19.1. The van der Waals surface area contributed by atoms with Gasteiger partial charge in [-0.05, 0) is 24.6 Å². The van der Waals surface area contributed by atoms with Crippen LogP contribution < -0.4 is 4.74 Å². The largest absolute Gasteiger partial charge is 0.485 e. The molecule has 0 atom stereocenters. The normalized spacial score (nSPS) is 10.6. The van der Waals surface area contributed by atoms with Crippen LogP contribution in [0.3, 0.4) is 0 Å². The molecule has 2 aromatic rings. The number of aliphatic hydroxyl groups is 1. The van der Waals surface area contributed by atoms with Crippen LogP contribution in [0.25, 0.3) is 0 Å². The number of hydrogen-bond acceptors (Lipinski definition) is 3. The standard InChI is InChI=1S/C14H15FO2S/c1-2-11-6-7-12(18-11)9-17-14-10(8-16)4-3-5-13(14)15/h3-7,16H,2,8-9H2,1H3. The number of rotatable bonds is 5. The van der Waals surface area contributed by atoms with E-state index in [1.165, 1.54) is 10.9 Å². The smallest absolute Gasteiger partial charge is 0.165 e. The van der Waals surface area contributed by atoms with Crippen LogP contribution in [-0.4, -0.2) is 5.11 Å². The van der Waals surface area contributed by atoms with Gasteiger partial charge in [0.05, 0.1) is 6.61 Å². The molecule has 18 heavy (non-hydrogen) atoms. The summed E-state index contributed by atoms with van der Waals surface area (Å²) in [5.41, 5.74) is 0.474. The van der Waals surface area contributed by atoms with Gasteiger partial charge in [-0.1, -0.05) is 19.1 Å². The molecule has 96 valence electrons. The monoisotopic (exact) mass is 266 g/mol. The summed E-state index contributed by atoms with van der Waals surface area (Å²) in [5, 5.41) is 9.14. The Balaban J connectivity index is 2.10. The first-order valence-electron chi connectivity index (χ1n) is 5.83. The lowest BCUT2D eigenvalue weighted by molar-refractivity contribution is 0.252. The lowest BCUT2D eigenvalue weighted by Gasteiger charge is -2.09. The molecule has 1 heterocycles. The van der Waals surface area contributed by atoms with E-state index in [1.54, 1.807) is 23.5 Å². The van der Waals surface area contributed by atoms with Crippen molar-refractivity contribution >= 4 is 11.3 Å². The van der Waals surface area contributed by atoms with Crippen LogP contribution >= 0.6 is 11.3 Å². The number of aryl methyl sites for hydroxylation is 1. The number of ether oxygens (including phenoxy) is 1. The van der Waals surface area contributed by atoms with Crippen molar-refractivity contribution < 1.29 is 14.2 Å². The zero-order chi connectivity index (χ0) is 13.0. The molecule has 0 bridgehead atoms. The molecule has 1 aromatic heterocycles. The maximum absolute atomic E-state index is 13.6. The molecule has 4 heteroatoms. The van der Waals surface area contributed by atoms with E-state index in [2.05, 4.69) is 13.0 Å². The van der Waals surface area contributed by atoms with Gasteiger partial charge < -0.3 is 9.84 Å². The molecular formula is C14H15FO2S. The van der Waals surface area contributed by atoms with Crippen LogP contribution in [0.1, 0.15) is 22.2 Å². The molecule has 0 amide bonds. The highest BCUT2D eigenvalue weighted by Gasteiger charge is 2.09. The average Bonchev–Trinajstić information content (AvgIpc) is 2.85. The number of benzene rings is 1. The van der Waals surface area contributed by atoms with E-state index in [9.17, 15) is 4.39 Å². The molecule has 1 aromatic carbocycles. The Bertz CT molecular complexity index is 522. The predicted octanol–water partition coefficient (Wildman–Crippen LogP) is 3.52. The second-order valence-corrected chi connectivity index (χ2v) is 5.15. The molecule has 0 fully saturated rings. The Labute approximate surface area is 110 Å². The van der Waals surface area contributed by atoms with Crippen molar-refractivity contribution in [3.8, 4) is 5.75 Å². The SMILES string of the molecule is CCc1ccc(COc2c(F)cccc2CO)s1. The van der Waals surface area contributed by atoms with Crippen molar-refractivity contribution in [1.82, 2.24) is 0 Å². The summed E-state index contributed by atoms with van der Waals surface area (Å²) >= 11 is 1.66. The highest BCUT2D eigenvalue weighted by molar-refractivity contribution is 7.11. The summed E-state index contributed by atoms with van der Waals surface area (Å²) in [4.78, 5) is 2.34. The van der Waals surface area contributed by atoms with Gasteiger partial charge in [0.2, 0.25) is 0 Å². The fourth-order valence-corrected chi connectivity index (χ4v) is 2.54. The Hall–Kier alpha value is -1.39. The predicted molar refractivity (Wildman–Crippen MR) is 70.4 cm³/mol. The van der Waals surface area contributed by atoms with Crippen molar-refractivity contribution in [3.63, 3.8) is 0 Å². The van der Waals surface area contributed by atoms with Crippen molar-refractivity contribution in [2.24, 2.45) is 0 Å². The molecule has 0 aliphatic heterocycles. The number of thiophene rings is 1. The minimum absolute atomic E-state index is 0.145. The molecule has 0 saturated heterocycles. The zero-order valence-corrected chi connectivity index (χ0v) is 11.0. The highest BCUT2D eigenvalue weighted by Crippen LogP contribution is 2.25. The van der Waals surface area contributed by atoms with Gasteiger partial charge in [0, 0.05) is 15.3 Å². The summed E-state index contributed by atoms with van der Waals surface area (Å²) in [6.45, 7) is 2.20. The number of hydrogen-bond donors (Lipinski definition) is 1. The van der Waals surface area contributed by atoms with E-state index in [0.717, 1.165) is 11.3 Å². The third-order valence-electron chi connectivity index (χ3n) is 2.64. The van der Waals surface area contributed by atoms with Crippen molar-refractivity contribution in [2.45, 2.75) is 26.6 Å². The molecule has 0 radical (unpaired) electrons. The molecule has 0 aliphatic carbocycles. The first-order valence-corrected chi connectivity index (χ1v) is 6.65. The molecule has 0 unspecified atom stereocenters. The lowest BCUT2D eigenvalue weighted by Crippen LogP contribution is -1.99. The molecule has 0 saturated carbocycles. The maximum atomic E-state index is 13.6. The minimum atomic E-state index is -0.436. The first kappa shape index (κ1) is 13.1. The van der Waals surface area contributed by atoms with Crippen molar-refractivity contribution in [2.75, 3.05) is 0 Å². The van der Waals surface area contributed by atoms with Gasteiger partial charge in [0.1, 0.15) is 6.61 Å². The van der Waals surface area contributed by atoms with Crippen LogP contribution in [0.2, 0.25) is 0 Å². The average molecular weight is 266 g/mol. The van der Waals surface area contributed by atoms with Gasteiger partial charge >= 0.3 is 0 Å². The van der Waals surface area contributed by atoms with Crippen LogP contribution in [0.5, 0.6) is 5.75 Å². The summed E-state index contributed by atoms with van der Waals surface area (Å²) in [6, 6.07) is 8.60. The molecule has 0 aliphatic rings. The van der Waals surface area contributed by atoms with Gasteiger partial charge in [-0.2, -0.15) is 0 Å². The number of aliphatic hydroxyl groups excluding tert-OH is 1. The van der Waals surface area contributed by atoms with Crippen LogP contribution in [0.15, 0.2) is 30.3 Å². The van der Waals surface area contributed by atoms with Gasteiger partial charge in [-0.3, -0.25) is 0 Å². The molecule has 2 rings (SSSR count). The maximum Gasteiger partial charge on any atom is 0.165 e. The number of halogens is 1. The zero-order valence-electron chi connectivity index (χ0n) is 10.1. The summed E-state index contributed by atoms with van der Waals surface area (Å²) in [5.74, 6) is -0.291. The highest BCUT2D eigenvalue weighted by atomic mass is 32.1. The molecular weight excluding hydrogens is 251 g/mol. The fourth-order valence-electron chi connectivity index (χ4n) is 1.67. The quantitative estimate of drug-likeness (QED) is 0.897. The third-order valence-corrected chi connectivity index (χ3v) is 3.85. The van der Waals surface area contributed by atoms with Crippen molar-refractivity contribution in [3.05, 3.63) is 51.5 Å². The van der Waals surface area contributed by atoms with E-state index in [1.807, 2.05) is 6.07 Å². The second-order valence-electron chi connectivity index (χ2n) is 3.90. The third kappa shape index (κ3) is 2.89. The summed E-state index contributed by atoms with van der Waals surface area (Å²) in [7, 11) is 0. The Kier molecular flexibility index (Phi) is 4.33. The van der Waals surface area contributed by atoms with Gasteiger partial charge in [0.15, 0.2) is 11.6 Å². The van der Waals surface area contributed by atoms with Gasteiger partial charge in [0.25, 0.3) is 0 Å². The van der Waals surface area contributed by atoms with E-state index < -0.39 is 5.82 Å². The van der Waals surface area contributed by atoms with E-state index in [4.69, 9.17) is 9.84 Å². The Morgan fingerprint density at radius 3 is 2.67 bits per heavy atom. The van der Waals surface area contributed by atoms with Crippen LogP contribution in [0.4, 0.5) is 4.39 Å². The molecule has 1 N–H and O–H groups in total. The molecule has 0 spiro atoms. The fraction of sp³-hybridized carbons (Fsp3) is 0.286. The second kappa shape index (κ2) is 5.98. The topological polar surface area (TPSA) is 29.5 Å².